The van der Waals surface area contributed by atoms with Gasteiger partial charge in [-0.05, 0) is 48.6 Å². The molecule has 1 saturated heterocycles. The Morgan fingerprint density at radius 2 is 1.78 bits per heavy atom. The highest BCUT2D eigenvalue weighted by molar-refractivity contribution is 5.94. The van der Waals surface area contributed by atoms with Crippen molar-refractivity contribution < 1.29 is 22.8 Å². The fraction of sp³-hybridized carbons (Fsp3) is 0.522. The zero-order valence-electron chi connectivity index (χ0n) is 17.8. The molecule has 3 heterocycles. The second-order valence-corrected chi connectivity index (χ2v) is 9.20. The van der Waals surface area contributed by atoms with Gasteiger partial charge in [-0.3, -0.25) is 14.7 Å². The molecule has 1 aromatic carbocycles. The number of alkyl halides is 3. The maximum Gasteiger partial charge on any atom is 0.416 e. The van der Waals surface area contributed by atoms with Crippen molar-refractivity contribution in [3.63, 3.8) is 0 Å². The molecule has 0 spiro atoms. The quantitative estimate of drug-likeness (QED) is 0.767. The van der Waals surface area contributed by atoms with Crippen molar-refractivity contribution in [3.8, 4) is 0 Å². The highest BCUT2D eigenvalue weighted by Gasteiger charge is 2.45. The van der Waals surface area contributed by atoms with E-state index in [9.17, 15) is 22.8 Å². The molecule has 9 heteroatoms. The fourth-order valence-corrected chi connectivity index (χ4v) is 5.74. The summed E-state index contributed by atoms with van der Waals surface area (Å²) in [5.74, 6) is 0.143. The Bertz CT molecular complexity index is 1050. The molecule has 170 valence electrons. The standard InChI is InChI=1S/C23H25F3N4O2/c1-13(31)29-7-6-18-20(12-29)27-28-21(18)22(32)30-10-15-8-14(9-16(15)11-30)17-4-2-3-5-19(17)23(24,25)26/h2-5,14-16H,6-12H2,1H3,(H,27,28). The number of carbonyl (C=O) groups is 2. The van der Waals surface area contributed by atoms with E-state index in [4.69, 9.17) is 0 Å². The molecular formula is C23H25F3N4O2. The van der Waals surface area contributed by atoms with Gasteiger partial charge in [-0.25, -0.2) is 0 Å². The number of nitrogens with one attached hydrogen (secondary N) is 1. The number of hydrogen-bond acceptors (Lipinski definition) is 3. The van der Waals surface area contributed by atoms with Gasteiger partial charge < -0.3 is 9.80 Å². The third-order valence-corrected chi connectivity index (χ3v) is 7.33. The van der Waals surface area contributed by atoms with E-state index in [0.717, 1.165) is 17.3 Å². The van der Waals surface area contributed by atoms with E-state index in [2.05, 4.69) is 10.2 Å². The van der Waals surface area contributed by atoms with Gasteiger partial charge in [-0.1, -0.05) is 18.2 Å². The average molecular weight is 446 g/mol. The van der Waals surface area contributed by atoms with Gasteiger partial charge in [0, 0.05) is 32.1 Å². The molecule has 1 aromatic heterocycles. The van der Waals surface area contributed by atoms with Crippen LogP contribution in [0.4, 0.5) is 13.2 Å². The van der Waals surface area contributed by atoms with Crippen LogP contribution in [-0.4, -0.2) is 51.4 Å². The second-order valence-electron chi connectivity index (χ2n) is 9.20. The van der Waals surface area contributed by atoms with Crippen molar-refractivity contribution in [2.75, 3.05) is 19.6 Å². The summed E-state index contributed by atoms with van der Waals surface area (Å²) < 4.78 is 40.3. The van der Waals surface area contributed by atoms with Gasteiger partial charge in [0.15, 0.2) is 5.69 Å². The Kier molecular flexibility index (Phi) is 5.02. The first-order valence-electron chi connectivity index (χ1n) is 11.0. The van der Waals surface area contributed by atoms with Crippen LogP contribution < -0.4 is 0 Å². The Morgan fingerprint density at radius 1 is 1.09 bits per heavy atom. The van der Waals surface area contributed by atoms with Gasteiger partial charge in [-0.2, -0.15) is 18.3 Å². The van der Waals surface area contributed by atoms with E-state index in [1.54, 1.807) is 21.9 Å². The smallest absolute Gasteiger partial charge is 0.337 e. The molecular weight excluding hydrogens is 421 g/mol. The van der Waals surface area contributed by atoms with E-state index in [1.807, 2.05) is 0 Å². The molecule has 0 bridgehead atoms. The van der Waals surface area contributed by atoms with Gasteiger partial charge in [0.25, 0.3) is 5.91 Å². The highest BCUT2D eigenvalue weighted by Crippen LogP contribution is 2.49. The van der Waals surface area contributed by atoms with Gasteiger partial charge in [0.05, 0.1) is 17.8 Å². The summed E-state index contributed by atoms with van der Waals surface area (Å²) in [5, 5.41) is 7.17. The molecule has 2 fully saturated rings. The van der Waals surface area contributed by atoms with Gasteiger partial charge >= 0.3 is 6.18 Å². The number of carbonyl (C=O) groups excluding carboxylic acids is 2. The second kappa shape index (κ2) is 7.64. The van der Waals surface area contributed by atoms with Crippen molar-refractivity contribution in [1.82, 2.24) is 20.0 Å². The predicted molar refractivity (Wildman–Crippen MR) is 110 cm³/mol. The molecule has 2 aromatic rings. The molecule has 3 aliphatic rings. The molecule has 32 heavy (non-hydrogen) atoms. The number of fused-ring (bicyclic) bond motifs is 2. The Hall–Kier alpha value is -2.84. The molecule has 2 atom stereocenters. The van der Waals surface area contributed by atoms with Gasteiger partial charge in [-0.15, -0.1) is 0 Å². The van der Waals surface area contributed by atoms with Crippen LogP contribution >= 0.6 is 0 Å². The maximum absolute atomic E-state index is 13.4. The SMILES string of the molecule is CC(=O)N1CCc2c(C(=O)N3CC4CC(c5ccccc5C(F)(F)F)CC4C3)n[nH]c2C1. The lowest BCUT2D eigenvalue weighted by Gasteiger charge is -2.26. The predicted octanol–water partition coefficient (Wildman–Crippen LogP) is 3.60. The molecule has 1 saturated carbocycles. The lowest BCUT2D eigenvalue weighted by atomic mass is 9.91. The summed E-state index contributed by atoms with van der Waals surface area (Å²) in [6, 6.07) is 5.86. The first-order valence-corrected chi connectivity index (χ1v) is 11.0. The third kappa shape index (κ3) is 3.57. The summed E-state index contributed by atoms with van der Waals surface area (Å²) in [4.78, 5) is 28.3. The van der Waals surface area contributed by atoms with Crippen molar-refractivity contribution in [2.24, 2.45) is 11.8 Å². The summed E-state index contributed by atoms with van der Waals surface area (Å²) in [5.41, 5.74) is 1.94. The van der Waals surface area contributed by atoms with E-state index in [1.165, 1.54) is 13.0 Å². The molecule has 6 nitrogen and oxygen atoms in total. The van der Waals surface area contributed by atoms with Crippen molar-refractivity contribution in [2.45, 2.75) is 44.8 Å². The minimum Gasteiger partial charge on any atom is -0.337 e. The van der Waals surface area contributed by atoms with Crippen molar-refractivity contribution in [3.05, 3.63) is 52.3 Å². The molecule has 1 aliphatic carbocycles. The third-order valence-electron chi connectivity index (χ3n) is 7.33. The zero-order valence-corrected chi connectivity index (χ0v) is 17.8. The Balaban J connectivity index is 1.27. The highest BCUT2D eigenvalue weighted by atomic mass is 19.4. The topological polar surface area (TPSA) is 69.3 Å². The summed E-state index contributed by atoms with van der Waals surface area (Å²) in [7, 11) is 0. The molecule has 2 aliphatic heterocycles. The summed E-state index contributed by atoms with van der Waals surface area (Å²) in [6.07, 6.45) is -2.45. The number of aromatic nitrogens is 2. The normalized spacial score (nSPS) is 25.1. The monoisotopic (exact) mass is 446 g/mol. The van der Waals surface area contributed by atoms with Gasteiger partial charge in [0.2, 0.25) is 5.91 Å². The van der Waals surface area contributed by atoms with Crippen LogP contribution in [0.1, 0.15) is 58.6 Å². The number of hydrogen-bond donors (Lipinski definition) is 1. The minimum absolute atomic E-state index is 0.00727. The lowest BCUT2D eigenvalue weighted by Crippen LogP contribution is -2.35. The number of halogens is 3. The number of amides is 2. The van der Waals surface area contributed by atoms with Crippen LogP contribution in [0.5, 0.6) is 0 Å². The first-order chi connectivity index (χ1) is 15.2. The number of H-pyrrole nitrogens is 1. The van der Waals surface area contributed by atoms with Crippen molar-refractivity contribution in [1.29, 1.82) is 0 Å². The fourth-order valence-electron chi connectivity index (χ4n) is 5.74. The van der Waals surface area contributed by atoms with Crippen LogP contribution in [0.15, 0.2) is 24.3 Å². The van der Waals surface area contributed by atoms with Crippen LogP contribution in [-0.2, 0) is 23.9 Å². The molecule has 5 rings (SSSR count). The van der Waals surface area contributed by atoms with E-state index < -0.39 is 11.7 Å². The average Bonchev–Trinajstić information content (AvgIpc) is 3.45. The molecule has 0 radical (unpaired) electrons. The Labute approximate surface area is 183 Å². The molecule has 2 unspecified atom stereocenters. The number of aromatic amines is 1. The Morgan fingerprint density at radius 3 is 2.44 bits per heavy atom. The van der Waals surface area contributed by atoms with Crippen molar-refractivity contribution >= 4 is 11.8 Å². The molecule has 2 amide bonds. The van der Waals surface area contributed by atoms with Gasteiger partial charge in [0.1, 0.15) is 0 Å². The van der Waals surface area contributed by atoms with E-state index in [-0.39, 0.29) is 29.6 Å². The number of rotatable bonds is 2. The van der Waals surface area contributed by atoms with Crippen LogP contribution in [0.2, 0.25) is 0 Å². The van der Waals surface area contributed by atoms with Crippen LogP contribution in [0.25, 0.3) is 0 Å². The van der Waals surface area contributed by atoms with Crippen LogP contribution in [0, 0.1) is 11.8 Å². The minimum atomic E-state index is -4.35. The van der Waals surface area contributed by atoms with E-state index in [0.29, 0.717) is 56.7 Å². The lowest BCUT2D eigenvalue weighted by molar-refractivity contribution is -0.138. The van der Waals surface area contributed by atoms with E-state index >= 15 is 0 Å². The largest absolute Gasteiger partial charge is 0.416 e. The number of likely N-dealkylation sites (tertiary alicyclic amines) is 1. The summed E-state index contributed by atoms with van der Waals surface area (Å²) >= 11 is 0. The molecule has 1 N–H and O–H groups in total. The summed E-state index contributed by atoms with van der Waals surface area (Å²) in [6.45, 7) is 3.62. The number of benzene rings is 1. The maximum atomic E-state index is 13.4. The van der Waals surface area contributed by atoms with Crippen LogP contribution in [0.3, 0.4) is 0 Å². The zero-order chi connectivity index (χ0) is 22.6. The first kappa shape index (κ1) is 21.0. The number of nitrogens with zero attached hydrogens (tertiary/aromatic N) is 3.